The molecule has 0 spiro atoms. The molecular formula is C16H23FN2O3S. The Morgan fingerprint density at radius 2 is 2.04 bits per heavy atom. The number of aryl methyl sites for hydroxylation is 1. The molecule has 1 atom stereocenters. The van der Waals surface area contributed by atoms with E-state index in [1.54, 1.807) is 12.1 Å². The van der Waals surface area contributed by atoms with Crippen LogP contribution in [0.5, 0.6) is 0 Å². The van der Waals surface area contributed by atoms with Crippen LogP contribution in [0.4, 0.5) is 4.39 Å². The number of halogens is 1. The van der Waals surface area contributed by atoms with Gasteiger partial charge in [-0.05, 0) is 43.4 Å². The molecule has 1 aromatic carbocycles. The highest BCUT2D eigenvalue weighted by Gasteiger charge is 2.29. The molecule has 7 heteroatoms. The van der Waals surface area contributed by atoms with Crippen LogP contribution in [0.25, 0.3) is 0 Å². The van der Waals surface area contributed by atoms with Gasteiger partial charge in [-0.1, -0.05) is 12.1 Å². The van der Waals surface area contributed by atoms with Crippen LogP contribution < -0.4 is 5.32 Å². The summed E-state index contributed by atoms with van der Waals surface area (Å²) in [6, 6.07) is 6.33. The standard InChI is InChI=1S/C16H23FN2O3S/c1-23(21,22)19-11-3-5-14(12-19)16(20)18-10-2-4-13-6-8-15(17)9-7-13/h6-9,14H,2-5,10-12H2,1H3,(H,18,20)/t14-/m0/s1. The topological polar surface area (TPSA) is 66.5 Å². The monoisotopic (exact) mass is 342 g/mol. The molecule has 0 aliphatic carbocycles. The quantitative estimate of drug-likeness (QED) is 0.798. The number of piperidine rings is 1. The number of amides is 1. The van der Waals surface area contributed by atoms with Gasteiger partial charge in [-0.15, -0.1) is 0 Å². The number of carbonyl (C=O) groups is 1. The zero-order valence-electron chi connectivity index (χ0n) is 13.3. The summed E-state index contributed by atoms with van der Waals surface area (Å²) >= 11 is 0. The molecule has 1 aliphatic rings. The van der Waals surface area contributed by atoms with Crippen LogP contribution in [0.2, 0.25) is 0 Å². The SMILES string of the molecule is CS(=O)(=O)N1CCC[C@H](C(=O)NCCCc2ccc(F)cc2)C1. The Kier molecular flexibility index (Phi) is 6.12. The number of nitrogens with zero attached hydrogens (tertiary/aromatic N) is 1. The van der Waals surface area contributed by atoms with Gasteiger partial charge < -0.3 is 5.32 Å². The van der Waals surface area contributed by atoms with E-state index in [1.165, 1.54) is 22.7 Å². The van der Waals surface area contributed by atoms with Crippen LogP contribution in [0.1, 0.15) is 24.8 Å². The summed E-state index contributed by atoms with van der Waals surface area (Å²) in [6.07, 6.45) is 4.13. The molecule has 5 nitrogen and oxygen atoms in total. The van der Waals surface area contributed by atoms with Crippen molar-refractivity contribution in [3.05, 3.63) is 35.6 Å². The Balaban J connectivity index is 1.73. The van der Waals surface area contributed by atoms with Crippen LogP contribution in [0.3, 0.4) is 0 Å². The predicted molar refractivity (Wildman–Crippen MR) is 86.9 cm³/mol. The average molecular weight is 342 g/mol. The molecule has 0 radical (unpaired) electrons. The van der Waals surface area contributed by atoms with E-state index in [4.69, 9.17) is 0 Å². The van der Waals surface area contributed by atoms with Gasteiger partial charge in [0.05, 0.1) is 12.2 Å². The van der Waals surface area contributed by atoms with Crippen LogP contribution in [0, 0.1) is 11.7 Å². The van der Waals surface area contributed by atoms with Gasteiger partial charge in [0.2, 0.25) is 15.9 Å². The lowest BCUT2D eigenvalue weighted by molar-refractivity contribution is -0.126. The first-order valence-electron chi connectivity index (χ1n) is 7.83. The second-order valence-electron chi connectivity index (χ2n) is 5.98. The summed E-state index contributed by atoms with van der Waals surface area (Å²) in [5.74, 6) is -0.614. The van der Waals surface area contributed by atoms with Crippen LogP contribution in [-0.4, -0.2) is 44.5 Å². The smallest absolute Gasteiger partial charge is 0.224 e. The van der Waals surface area contributed by atoms with Gasteiger partial charge >= 0.3 is 0 Å². The van der Waals surface area contributed by atoms with E-state index in [0.717, 1.165) is 24.8 Å². The first kappa shape index (κ1) is 17.9. The van der Waals surface area contributed by atoms with E-state index < -0.39 is 10.0 Å². The largest absolute Gasteiger partial charge is 0.356 e. The lowest BCUT2D eigenvalue weighted by Crippen LogP contribution is -2.45. The number of sulfonamides is 1. The van der Waals surface area contributed by atoms with E-state index in [9.17, 15) is 17.6 Å². The zero-order chi connectivity index (χ0) is 16.9. The number of hydrogen-bond donors (Lipinski definition) is 1. The van der Waals surface area contributed by atoms with Gasteiger partial charge in [-0.25, -0.2) is 17.1 Å². The molecule has 1 aromatic rings. The van der Waals surface area contributed by atoms with E-state index >= 15 is 0 Å². The fraction of sp³-hybridized carbons (Fsp3) is 0.562. The summed E-state index contributed by atoms with van der Waals surface area (Å²) in [5.41, 5.74) is 1.03. The second-order valence-corrected chi connectivity index (χ2v) is 7.96. The summed E-state index contributed by atoms with van der Waals surface area (Å²) in [4.78, 5) is 12.1. The Labute approximate surface area is 136 Å². The van der Waals surface area contributed by atoms with Crippen molar-refractivity contribution in [2.75, 3.05) is 25.9 Å². The Hall–Kier alpha value is -1.47. The maximum atomic E-state index is 12.8. The molecular weight excluding hydrogens is 319 g/mol. The molecule has 1 N–H and O–H groups in total. The number of carbonyl (C=O) groups excluding carboxylic acids is 1. The number of benzene rings is 1. The Morgan fingerprint density at radius 3 is 2.70 bits per heavy atom. The van der Waals surface area contributed by atoms with Crippen molar-refractivity contribution in [3.8, 4) is 0 Å². The number of rotatable bonds is 6. The van der Waals surface area contributed by atoms with Crippen molar-refractivity contribution in [3.63, 3.8) is 0 Å². The molecule has 0 unspecified atom stereocenters. The summed E-state index contributed by atoms with van der Waals surface area (Å²) in [7, 11) is -3.23. The summed E-state index contributed by atoms with van der Waals surface area (Å²) in [6.45, 7) is 1.29. The third kappa shape index (κ3) is 5.58. The first-order valence-corrected chi connectivity index (χ1v) is 9.68. The maximum Gasteiger partial charge on any atom is 0.224 e. The Morgan fingerprint density at radius 1 is 1.35 bits per heavy atom. The second kappa shape index (κ2) is 7.88. The van der Waals surface area contributed by atoms with Crippen molar-refractivity contribution in [2.45, 2.75) is 25.7 Å². The highest BCUT2D eigenvalue weighted by atomic mass is 32.2. The summed E-state index contributed by atoms with van der Waals surface area (Å²) < 4.78 is 37.3. The molecule has 1 fully saturated rings. The molecule has 0 bridgehead atoms. The molecule has 2 rings (SSSR count). The van der Waals surface area contributed by atoms with Crippen LogP contribution >= 0.6 is 0 Å². The van der Waals surface area contributed by atoms with Gasteiger partial charge in [-0.2, -0.15) is 0 Å². The predicted octanol–water partition coefficient (Wildman–Crippen LogP) is 1.55. The van der Waals surface area contributed by atoms with Gasteiger partial charge in [0.25, 0.3) is 0 Å². The molecule has 1 amide bonds. The number of nitrogens with one attached hydrogen (secondary N) is 1. The van der Waals surface area contributed by atoms with E-state index in [2.05, 4.69) is 5.32 Å². The van der Waals surface area contributed by atoms with Gasteiger partial charge in [0, 0.05) is 19.6 Å². The molecule has 23 heavy (non-hydrogen) atoms. The minimum atomic E-state index is -3.23. The average Bonchev–Trinajstić information content (AvgIpc) is 2.52. The van der Waals surface area contributed by atoms with Crippen molar-refractivity contribution in [1.29, 1.82) is 0 Å². The molecule has 1 heterocycles. The van der Waals surface area contributed by atoms with Gasteiger partial charge in [0.1, 0.15) is 5.82 Å². The van der Waals surface area contributed by atoms with Gasteiger partial charge in [-0.3, -0.25) is 4.79 Å². The fourth-order valence-corrected chi connectivity index (χ4v) is 3.67. The summed E-state index contributed by atoms with van der Waals surface area (Å²) in [5, 5.41) is 2.87. The highest BCUT2D eigenvalue weighted by molar-refractivity contribution is 7.88. The van der Waals surface area contributed by atoms with E-state index in [0.29, 0.717) is 19.5 Å². The van der Waals surface area contributed by atoms with E-state index in [1.807, 2.05) is 0 Å². The molecule has 128 valence electrons. The van der Waals surface area contributed by atoms with Crippen LogP contribution in [-0.2, 0) is 21.2 Å². The van der Waals surface area contributed by atoms with Gasteiger partial charge in [0.15, 0.2) is 0 Å². The minimum absolute atomic E-state index is 0.0857. The molecule has 0 aromatic heterocycles. The third-order valence-electron chi connectivity index (χ3n) is 4.08. The lowest BCUT2D eigenvalue weighted by atomic mass is 9.99. The molecule has 1 saturated heterocycles. The van der Waals surface area contributed by atoms with Crippen molar-refractivity contribution in [1.82, 2.24) is 9.62 Å². The highest BCUT2D eigenvalue weighted by Crippen LogP contribution is 2.18. The first-order chi connectivity index (χ1) is 10.9. The minimum Gasteiger partial charge on any atom is -0.356 e. The molecule has 1 aliphatic heterocycles. The van der Waals surface area contributed by atoms with Crippen LogP contribution in [0.15, 0.2) is 24.3 Å². The van der Waals surface area contributed by atoms with Crippen molar-refractivity contribution >= 4 is 15.9 Å². The van der Waals surface area contributed by atoms with E-state index in [-0.39, 0.29) is 24.2 Å². The maximum absolute atomic E-state index is 12.8. The zero-order valence-corrected chi connectivity index (χ0v) is 14.1. The Bertz CT molecular complexity index is 631. The molecule has 0 saturated carbocycles. The third-order valence-corrected chi connectivity index (χ3v) is 5.35. The fourth-order valence-electron chi connectivity index (χ4n) is 2.76. The lowest BCUT2D eigenvalue weighted by Gasteiger charge is -2.30. The van der Waals surface area contributed by atoms with Crippen molar-refractivity contribution in [2.24, 2.45) is 5.92 Å². The van der Waals surface area contributed by atoms with Crippen molar-refractivity contribution < 1.29 is 17.6 Å². The number of hydrogen-bond acceptors (Lipinski definition) is 3. The normalized spacial score (nSPS) is 19.5.